The van der Waals surface area contributed by atoms with Gasteiger partial charge in [0.25, 0.3) is 5.91 Å². The van der Waals surface area contributed by atoms with E-state index >= 15 is 0 Å². The summed E-state index contributed by atoms with van der Waals surface area (Å²) in [5, 5.41) is 5.89. The van der Waals surface area contributed by atoms with Crippen molar-refractivity contribution < 1.29 is 14.2 Å². The highest BCUT2D eigenvalue weighted by Crippen LogP contribution is 2.33. The predicted molar refractivity (Wildman–Crippen MR) is 127 cm³/mol. The molecule has 0 atom stereocenters. The molecule has 0 fully saturated rings. The third kappa shape index (κ3) is 4.36. The van der Waals surface area contributed by atoms with Crippen molar-refractivity contribution in [3.63, 3.8) is 0 Å². The van der Waals surface area contributed by atoms with E-state index in [0.29, 0.717) is 16.9 Å². The number of amides is 1. The van der Waals surface area contributed by atoms with Gasteiger partial charge < -0.3 is 4.98 Å². The molecule has 0 saturated heterocycles. The van der Waals surface area contributed by atoms with Gasteiger partial charge in [0.2, 0.25) is 0 Å². The highest BCUT2D eigenvalue weighted by Gasteiger charge is 2.25. The lowest BCUT2D eigenvalue weighted by Crippen LogP contribution is -2.32. The Bertz CT molecular complexity index is 1460. The van der Waals surface area contributed by atoms with Crippen molar-refractivity contribution in [3.05, 3.63) is 105 Å². The second kappa shape index (κ2) is 8.89. The molecule has 0 spiro atoms. The van der Waals surface area contributed by atoms with E-state index < -0.39 is 11.7 Å². The van der Waals surface area contributed by atoms with Gasteiger partial charge in [-0.15, -0.1) is 0 Å². The normalized spacial score (nSPS) is 11.1. The van der Waals surface area contributed by atoms with Crippen LogP contribution in [0.4, 0.5) is 5.69 Å². The monoisotopic (exact) mass is 504 g/mol. The van der Waals surface area contributed by atoms with Crippen molar-refractivity contribution in [2.75, 3.05) is 5.06 Å². The summed E-state index contributed by atoms with van der Waals surface area (Å²) >= 11 is 3.43. The van der Waals surface area contributed by atoms with Crippen molar-refractivity contribution in [1.29, 1.82) is 0 Å². The summed E-state index contributed by atoms with van der Waals surface area (Å²) in [6.07, 6.45) is 0. The third-order valence-electron chi connectivity index (χ3n) is 5.02. The molecule has 0 radical (unpaired) electrons. The molecule has 2 heterocycles. The molecule has 0 aliphatic heterocycles. The molecular formula is C24H17BrN4O4. The number of hydrogen-bond donors (Lipinski definition) is 2. The maximum atomic E-state index is 13.7. The lowest BCUT2D eigenvalue weighted by atomic mass is 10.1. The summed E-state index contributed by atoms with van der Waals surface area (Å²) in [4.78, 5) is 36.9. The van der Waals surface area contributed by atoms with E-state index in [4.69, 9.17) is 4.84 Å². The number of fused-ring (bicyclic) bond motifs is 1. The van der Waals surface area contributed by atoms with Crippen molar-refractivity contribution in [3.8, 4) is 11.4 Å². The van der Waals surface area contributed by atoms with Gasteiger partial charge in [-0.3, -0.25) is 19.1 Å². The highest BCUT2D eigenvalue weighted by atomic mass is 79.9. The Hall–Kier alpha value is -3.95. The molecule has 0 bridgehead atoms. The minimum atomic E-state index is -0.699. The molecule has 2 N–H and O–H groups in total. The topological polar surface area (TPSA) is 104 Å². The van der Waals surface area contributed by atoms with Crippen LogP contribution in [0.3, 0.4) is 0 Å². The fraction of sp³-hybridized carbons (Fsp3) is 0.0417. The average Bonchev–Trinajstić information content (AvgIpc) is 3.46. The van der Waals surface area contributed by atoms with Crippen LogP contribution in [-0.2, 0) is 11.4 Å². The lowest BCUT2D eigenvalue weighted by Gasteiger charge is -2.23. The Labute approximate surface area is 195 Å². The molecule has 0 aliphatic carbocycles. The first-order chi connectivity index (χ1) is 16.1. The smallest absolute Gasteiger partial charge is 0.350 e. The SMILES string of the molecule is O=C(c1cc2ccccc2[nH]1)N(OCc1ccccc1)c1ccc(Br)cc1-c1noc(=O)[nH]1. The van der Waals surface area contributed by atoms with Gasteiger partial charge >= 0.3 is 5.76 Å². The molecular weight excluding hydrogens is 488 g/mol. The van der Waals surface area contributed by atoms with Crippen LogP contribution in [-0.4, -0.2) is 21.0 Å². The zero-order chi connectivity index (χ0) is 22.8. The van der Waals surface area contributed by atoms with Gasteiger partial charge in [0.15, 0.2) is 5.82 Å². The quantitative estimate of drug-likeness (QED) is 0.314. The number of hydrogen-bond acceptors (Lipinski definition) is 5. The second-order valence-corrected chi connectivity index (χ2v) is 8.15. The zero-order valence-electron chi connectivity index (χ0n) is 17.1. The highest BCUT2D eigenvalue weighted by molar-refractivity contribution is 9.10. The maximum absolute atomic E-state index is 13.7. The number of para-hydroxylation sites is 1. The summed E-state index contributed by atoms with van der Waals surface area (Å²) in [7, 11) is 0. The molecule has 5 aromatic rings. The largest absolute Gasteiger partial charge is 0.439 e. The van der Waals surface area contributed by atoms with Crippen molar-refractivity contribution in [1.82, 2.24) is 15.1 Å². The fourth-order valence-corrected chi connectivity index (χ4v) is 3.83. The Morgan fingerprint density at radius 1 is 1.00 bits per heavy atom. The first-order valence-corrected chi connectivity index (χ1v) is 10.8. The van der Waals surface area contributed by atoms with E-state index in [-0.39, 0.29) is 12.4 Å². The maximum Gasteiger partial charge on any atom is 0.439 e. The summed E-state index contributed by atoms with van der Waals surface area (Å²) in [6.45, 7) is 0.150. The molecule has 1 amide bonds. The number of aromatic nitrogens is 3. The third-order valence-corrected chi connectivity index (χ3v) is 5.51. The number of benzene rings is 3. The predicted octanol–water partition coefficient (Wildman–Crippen LogP) is 5.05. The van der Waals surface area contributed by atoms with Gasteiger partial charge in [-0.05, 0) is 35.9 Å². The van der Waals surface area contributed by atoms with Gasteiger partial charge in [-0.1, -0.05) is 69.6 Å². The van der Waals surface area contributed by atoms with Gasteiger partial charge in [0.05, 0.1) is 5.69 Å². The Balaban J connectivity index is 1.59. The second-order valence-electron chi connectivity index (χ2n) is 7.23. The number of carbonyl (C=O) groups is 1. The molecule has 164 valence electrons. The first-order valence-electron chi connectivity index (χ1n) is 10.0. The summed E-state index contributed by atoms with van der Waals surface area (Å²) in [6, 6.07) is 24.1. The molecule has 9 heteroatoms. The number of rotatable bonds is 6. The van der Waals surface area contributed by atoms with Crippen LogP contribution in [0.5, 0.6) is 0 Å². The van der Waals surface area contributed by atoms with E-state index in [1.54, 1.807) is 24.3 Å². The van der Waals surface area contributed by atoms with Crippen LogP contribution in [0.15, 0.2) is 92.7 Å². The molecule has 5 rings (SSSR count). The van der Waals surface area contributed by atoms with Crippen LogP contribution in [0.25, 0.3) is 22.3 Å². The summed E-state index contributed by atoms with van der Waals surface area (Å²) < 4.78 is 5.41. The number of carbonyl (C=O) groups excluding carboxylic acids is 1. The minimum absolute atomic E-state index is 0.150. The molecule has 8 nitrogen and oxygen atoms in total. The standard InChI is InChI=1S/C24H17BrN4O4/c25-17-10-11-21(18(13-17)22-27-24(31)33-28-22)29(32-14-15-6-2-1-3-7-15)23(30)20-12-16-8-4-5-9-19(16)26-20/h1-13,26H,14H2,(H,27,28,31). The van der Waals surface area contributed by atoms with Crippen LogP contribution >= 0.6 is 15.9 Å². The van der Waals surface area contributed by atoms with Crippen molar-refractivity contribution in [2.45, 2.75) is 6.61 Å². The molecule has 0 aliphatic rings. The van der Waals surface area contributed by atoms with Crippen LogP contribution in [0.2, 0.25) is 0 Å². The number of nitrogens with one attached hydrogen (secondary N) is 2. The minimum Gasteiger partial charge on any atom is -0.350 e. The van der Waals surface area contributed by atoms with E-state index in [2.05, 4.69) is 35.6 Å². The van der Waals surface area contributed by atoms with E-state index in [0.717, 1.165) is 20.9 Å². The molecule has 2 aromatic heterocycles. The Morgan fingerprint density at radius 3 is 2.55 bits per heavy atom. The summed E-state index contributed by atoms with van der Waals surface area (Å²) in [5.74, 6) is -0.930. The first kappa shape index (κ1) is 20.9. The van der Waals surface area contributed by atoms with Crippen LogP contribution in [0, 0.1) is 0 Å². The molecule has 0 unspecified atom stereocenters. The Kier molecular flexibility index (Phi) is 5.64. The van der Waals surface area contributed by atoms with Crippen molar-refractivity contribution in [2.24, 2.45) is 0 Å². The molecule has 0 saturated carbocycles. The lowest BCUT2D eigenvalue weighted by molar-refractivity contribution is 0.0596. The number of anilines is 1. The van der Waals surface area contributed by atoms with Gasteiger partial charge in [-0.2, -0.15) is 5.06 Å². The average molecular weight is 505 g/mol. The summed E-state index contributed by atoms with van der Waals surface area (Å²) in [5.41, 5.74) is 2.92. The van der Waals surface area contributed by atoms with Gasteiger partial charge in [-0.25, -0.2) is 4.79 Å². The van der Waals surface area contributed by atoms with Crippen LogP contribution < -0.4 is 10.8 Å². The van der Waals surface area contributed by atoms with E-state index in [1.165, 1.54) is 5.06 Å². The van der Waals surface area contributed by atoms with Gasteiger partial charge in [0.1, 0.15) is 12.3 Å². The number of H-pyrrole nitrogens is 2. The van der Waals surface area contributed by atoms with E-state index in [1.807, 2.05) is 54.6 Å². The number of nitrogens with zero attached hydrogens (tertiary/aromatic N) is 2. The number of aromatic amines is 2. The van der Waals surface area contributed by atoms with Crippen molar-refractivity contribution >= 4 is 38.4 Å². The number of halogens is 1. The fourth-order valence-electron chi connectivity index (χ4n) is 3.47. The molecule has 33 heavy (non-hydrogen) atoms. The van der Waals surface area contributed by atoms with E-state index in [9.17, 15) is 9.59 Å². The van der Waals surface area contributed by atoms with Gasteiger partial charge in [0, 0.05) is 20.9 Å². The molecule has 3 aromatic carbocycles. The number of hydroxylamine groups is 1. The zero-order valence-corrected chi connectivity index (χ0v) is 18.7. The Morgan fingerprint density at radius 2 is 1.79 bits per heavy atom. The van der Waals surface area contributed by atoms with Crippen LogP contribution in [0.1, 0.15) is 16.1 Å².